The van der Waals surface area contributed by atoms with Gasteiger partial charge in [-0.1, -0.05) is 17.7 Å². The number of carbonyl (C=O) groups is 2. The Kier molecular flexibility index (Phi) is 7.27. The standard InChI is InChI=1S/C21H27NO7S/c1-3-27-21(24)16-13-17(5-4-6-20-28-11-12-29-20)22(19(23)14-16)30(25,26)18-9-7-15(2)8-10-18/h7-10,13,17,20H,3-6,11-12,14H2,1-2H3. The Balaban J connectivity index is 1.86. The van der Waals surface area contributed by atoms with E-state index in [1.807, 2.05) is 6.92 Å². The Morgan fingerprint density at radius 2 is 1.83 bits per heavy atom. The minimum atomic E-state index is -4.06. The zero-order chi connectivity index (χ0) is 21.7. The summed E-state index contributed by atoms with van der Waals surface area (Å²) in [5, 5.41) is 0. The molecule has 0 bridgehead atoms. The number of ether oxygens (including phenoxy) is 3. The third kappa shape index (κ3) is 5.08. The maximum Gasteiger partial charge on any atom is 0.334 e. The number of benzene rings is 1. The molecule has 1 unspecified atom stereocenters. The van der Waals surface area contributed by atoms with E-state index >= 15 is 0 Å². The Labute approximate surface area is 176 Å². The molecule has 2 aliphatic rings. The maximum atomic E-state index is 13.3. The van der Waals surface area contributed by atoms with Crippen molar-refractivity contribution in [3.63, 3.8) is 0 Å². The van der Waals surface area contributed by atoms with Gasteiger partial charge in [-0.25, -0.2) is 17.5 Å². The second kappa shape index (κ2) is 9.72. The maximum absolute atomic E-state index is 13.3. The minimum absolute atomic E-state index is 0.0434. The summed E-state index contributed by atoms with van der Waals surface area (Å²) in [7, 11) is -4.06. The van der Waals surface area contributed by atoms with Gasteiger partial charge in [-0.15, -0.1) is 0 Å². The fraction of sp³-hybridized carbons (Fsp3) is 0.524. The Morgan fingerprint density at radius 3 is 2.47 bits per heavy atom. The highest BCUT2D eigenvalue weighted by Crippen LogP contribution is 2.29. The molecule has 1 aromatic carbocycles. The number of nitrogens with zero attached hydrogens (tertiary/aromatic N) is 1. The predicted molar refractivity (Wildman–Crippen MR) is 108 cm³/mol. The molecule has 8 nitrogen and oxygen atoms in total. The lowest BCUT2D eigenvalue weighted by molar-refractivity contribution is -0.140. The lowest BCUT2D eigenvalue weighted by Gasteiger charge is -2.33. The van der Waals surface area contributed by atoms with Crippen molar-refractivity contribution < 1.29 is 32.2 Å². The van der Waals surface area contributed by atoms with E-state index in [9.17, 15) is 18.0 Å². The molecule has 0 radical (unpaired) electrons. The van der Waals surface area contributed by atoms with Crippen LogP contribution in [0.5, 0.6) is 0 Å². The van der Waals surface area contributed by atoms with Gasteiger partial charge in [-0.3, -0.25) is 4.79 Å². The number of amides is 1. The summed E-state index contributed by atoms with van der Waals surface area (Å²) in [5.74, 6) is -1.23. The van der Waals surface area contributed by atoms with Crippen molar-refractivity contribution in [1.82, 2.24) is 4.31 Å². The summed E-state index contributed by atoms with van der Waals surface area (Å²) in [6.45, 7) is 4.78. The number of aryl methyl sites for hydroxylation is 1. The number of hydrogen-bond acceptors (Lipinski definition) is 7. The lowest BCUT2D eigenvalue weighted by Crippen LogP contribution is -2.47. The van der Waals surface area contributed by atoms with Crippen molar-refractivity contribution in [2.75, 3.05) is 19.8 Å². The number of rotatable bonds is 8. The zero-order valence-corrected chi connectivity index (χ0v) is 18.0. The van der Waals surface area contributed by atoms with Crippen LogP contribution in [0.1, 0.15) is 38.2 Å². The normalized spacial score (nSPS) is 20.3. The minimum Gasteiger partial charge on any atom is -0.463 e. The fourth-order valence-electron chi connectivity index (χ4n) is 3.55. The topological polar surface area (TPSA) is 99.2 Å². The Bertz CT molecular complexity index is 902. The highest BCUT2D eigenvalue weighted by molar-refractivity contribution is 7.89. The van der Waals surface area contributed by atoms with Crippen LogP contribution in [0.25, 0.3) is 0 Å². The van der Waals surface area contributed by atoms with Gasteiger partial charge in [0, 0.05) is 5.57 Å². The van der Waals surface area contributed by atoms with Crippen LogP contribution in [0.15, 0.2) is 40.8 Å². The summed E-state index contributed by atoms with van der Waals surface area (Å²) in [6.07, 6.45) is 2.40. The van der Waals surface area contributed by atoms with E-state index < -0.39 is 27.9 Å². The Hall–Kier alpha value is -2.23. The molecule has 2 aliphatic heterocycles. The van der Waals surface area contributed by atoms with Crippen LogP contribution in [-0.4, -0.2) is 56.8 Å². The van der Waals surface area contributed by atoms with E-state index in [0.717, 1.165) is 9.87 Å². The molecule has 1 fully saturated rings. The van der Waals surface area contributed by atoms with Gasteiger partial charge < -0.3 is 14.2 Å². The first-order valence-electron chi connectivity index (χ1n) is 10.1. The van der Waals surface area contributed by atoms with E-state index in [1.54, 1.807) is 25.1 Å². The van der Waals surface area contributed by atoms with Gasteiger partial charge in [0.2, 0.25) is 5.91 Å². The molecule has 164 valence electrons. The summed E-state index contributed by atoms with van der Waals surface area (Å²) < 4.78 is 43.3. The van der Waals surface area contributed by atoms with Crippen LogP contribution in [0.3, 0.4) is 0 Å². The largest absolute Gasteiger partial charge is 0.463 e. The molecule has 0 aliphatic carbocycles. The molecular formula is C21H27NO7S. The quantitative estimate of drug-likeness (QED) is 0.576. The molecule has 0 aromatic heterocycles. The van der Waals surface area contributed by atoms with Crippen LogP contribution in [0, 0.1) is 6.92 Å². The molecule has 30 heavy (non-hydrogen) atoms. The second-order valence-electron chi connectivity index (χ2n) is 7.27. The number of esters is 1. The molecule has 1 aromatic rings. The SMILES string of the molecule is CCOC(=O)C1=CC(CCCC2OCCO2)N(S(=O)(=O)c2ccc(C)cc2)C(=O)C1. The molecule has 0 spiro atoms. The Morgan fingerprint density at radius 1 is 1.17 bits per heavy atom. The zero-order valence-electron chi connectivity index (χ0n) is 17.2. The first-order valence-corrected chi connectivity index (χ1v) is 11.5. The summed E-state index contributed by atoms with van der Waals surface area (Å²) in [5.41, 5.74) is 1.10. The highest BCUT2D eigenvalue weighted by Gasteiger charge is 2.39. The monoisotopic (exact) mass is 437 g/mol. The van der Waals surface area contributed by atoms with E-state index in [1.165, 1.54) is 12.1 Å². The smallest absolute Gasteiger partial charge is 0.334 e. The van der Waals surface area contributed by atoms with E-state index in [-0.39, 0.29) is 29.8 Å². The summed E-state index contributed by atoms with van der Waals surface area (Å²) in [4.78, 5) is 25.1. The van der Waals surface area contributed by atoms with Gasteiger partial charge in [0.05, 0.1) is 37.2 Å². The molecule has 1 amide bonds. The van der Waals surface area contributed by atoms with Crippen molar-refractivity contribution in [1.29, 1.82) is 0 Å². The van der Waals surface area contributed by atoms with Crippen LogP contribution < -0.4 is 0 Å². The van der Waals surface area contributed by atoms with Crippen molar-refractivity contribution in [3.05, 3.63) is 41.5 Å². The molecule has 9 heteroatoms. The van der Waals surface area contributed by atoms with Gasteiger partial charge >= 0.3 is 5.97 Å². The van der Waals surface area contributed by atoms with Gasteiger partial charge in [0.25, 0.3) is 10.0 Å². The average Bonchev–Trinajstić information content (AvgIpc) is 3.21. The van der Waals surface area contributed by atoms with Crippen LogP contribution in [0.4, 0.5) is 0 Å². The van der Waals surface area contributed by atoms with E-state index in [0.29, 0.717) is 32.5 Å². The molecule has 1 atom stereocenters. The summed E-state index contributed by atoms with van der Waals surface area (Å²) in [6, 6.07) is 5.56. The molecule has 0 N–H and O–H groups in total. The predicted octanol–water partition coefficient (Wildman–Crippen LogP) is 2.32. The van der Waals surface area contributed by atoms with Crippen molar-refractivity contribution in [2.45, 2.75) is 56.8 Å². The van der Waals surface area contributed by atoms with Gasteiger partial charge in [-0.2, -0.15) is 0 Å². The average molecular weight is 438 g/mol. The third-order valence-corrected chi connectivity index (χ3v) is 6.89. The van der Waals surface area contributed by atoms with Gasteiger partial charge in [0.1, 0.15) is 0 Å². The van der Waals surface area contributed by atoms with Gasteiger partial charge in [-0.05, 0) is 51.3 Å². The second-order valence-corrected chi connectivity index (χ2v) is 9.08. The lowest BCUT2D eigenvalue weighted by atomic mass is 9.99. The molecular weight excluding hydrogens is 410 g/mol. The van der Waals surface area contributed by atoms with E-state index in [2.05, 4.69) is 0 Å². The summed E-state index contributed by atoms with van der Waals surface area (Å²) >= 11 is 0. The van der Waals surface area contributed by atoms with Crippen molar-refractivity contribution in [2.24, 2.45) is 0 Å². The van der Waals surface area contributed by atoms with Crippen LogP contribution >= 0.6 is 0 Å². The fourth-order valence-corrected chi connectivity index (χ4v) is 5.12. The number of sulfonamides is 1. The first-order chi connectivity index (χ1) is 14.3. The van der Waals surface area contributed by atoms with Crippen molar-refractivity contribution >= 4 is 21.9 Å². The van der Waals surface area contributed by atoms with Crippen LogP contribution in [0.2, 0.25) is 0 Å². The number of carbonyl (C=O) groups excluding carboxylic acids is 2. The van der Waals surface area contributed by atoms with Crippen molar-refractivity contribution in [3.8, 4) is 0 Å². The number of hydrogen-bond donors (Lipinski definition) is 0. The first kappa shape index (κ1) is 22.5. The third-order valence-electron chi connectivity index (χ3n) is 5.03. The van der Waals surface area contributed by atoms with E-state index in [4.69, 9.17) is 14.2 Å². The molecule has 0 saturated carbocycles. The van der Waals surface area contributed by atoms with Gasteiger partial charge in [0.15, 0.2) is 6.29 Å². The molecule has 1 saturated heterocycles. The molecule has 2 heterocycles. The molecule has 3 rings (SSSR count). The van der Waals surface area contributed by atoms with Crippen LogP contribution in [-0.2, 0) is 33.8 Å². The highest BCUT2D eigenvalue weighted by atomic mass is 32.2.